The number of benzene rings is 1. The molecule has 0 saturated heterocycles. The van der Waals surface area contributed by atoms with Crippen LogP contribution in [0.3, 0.4) is 0 Å². The van der Waals surface area contributed by atoms with Gasteiger partial charge in [0, 0.05) is 16.2 Å². The lowest BCUT2D eigenvalue weighted by molar-refractivity contribution is -0.120. The van der Waals surface area contributed by atoms with Crippen LogP contribution in [0, 0.1) is 0 Å². The Morgan fingerprint density at radius 3 is 3.03 bits per heavy atom. The maximum Gasteiger partial charge on any atom is 0.251 e. The maximum absolute atomic E-state index is 12.2. The molecule has 0 spiro atoms. The molecule has 2 aromatic heterocycles. The normalized spacial score (nSPS) is 23.1. The van der Waals surface area contributed by atoms with Crippen LogP contribution >= 0.6 is 11.8 Å². The van der Waals surface area contributed by atoms with Gasteiger partial charge in [-0.05, 0) is 55.7 Å². The highest BCUT2D eigenvalue weighted by molar-refractivity contribution is 8.04. The van der Waals surface area contributed by atoms with Gasteiger partial charge in [0.05, 0.1) is 23.3 Å². The Hall–Kier alpha value is -2.87. The molecule has 8 heteroatoms. The molecule has 3 N–H and O–H groups in total. The number of amides is 1. The molecular formula is C22H22N6OS. The Morgan fingerprint density at radius 2 is 2.13 bits per heavy atom. The number of carbonyl (C=O) groups is 1. The Kier molecular flexibility index (Phi) is 4.09. The summed E-state index contributed by atoms with van der Waals surface area (Å²) in [5, 5.41) is 7.67. The van der Waals surface area contributed by atoms with E-state index in [4.69, 9.17) is 5.73 Å². The number of aryl methyl sites for hydroxylation is 1. The number of rotatable bonds is 3. The van der Waals surface area contributed by atoms with Crippen molar-refractivity contribution in [2.45, 2.75) is 49.9 Å². The van der Waals surface area contributed by atoms with Gasteiger partial charge in [0.15, 0.2) is 11.0 Å². The van der Waals surface area contributed by atoms with Crippen LogP contribution < -0.4 is 5.73 Å². The monoisotopic (exact) mass is 418 g/mol. The third kappa shape index (κ3) is 2.66. The Bertz CT molecular complexity index is 1200. The summed E-state index contributed by atoms with van der Waals surface area (Å²) in [5.41, 5.74) is 12.5. The fraction of sp³-hybridized carbons (Fsp3) is 0.364. The van der Waals surface area contributed by atoms with Gasteiger partial charge in [0.2, 0.25) is 0 Å². The van der Waals surface area contributed by atoms with Gasteiger partial charge in [-0.25, -0.2) is 9.97 Å². The van der Waals surface area contributed by atoms with E-state index in [1.165, 1.54) is 28.1 Å². The number of H-pyrrole nitrogens is 1. The van der Waals surface area contributed by atoms with Crippen LogP contribution in [-0.2, 0) is 11.2 Å². The first-order chi connectivity index (χ1) is 14.7. The number of aromatic amines is 1. The molecular weight excluding hydrogens is 396 g/mol. The second-order valence-electron chi connectivity index (χ2n) is 8.18. The van der Waals surface area contributed by atoms with E-state index in [9.17, 15) is 4.79 Å². The van der Waals surface area contributed by atoms with Gasteiger partial charge in [-0.15, -0.1) is 0 Å². The summed E-state index contributed by atoms with van der Waals surface area (Å²) in [7, 11) is 0. The van der Waals surface area contributed by atoms with Crippen LogP contribution in [0.1, 0.15) is 49.3 Å². The number of nitrogens with two attached hydrogens (primary N) is 1. The SMILES string of the molecule is NC(=O)C1SC2=C(CCC2)N1C1CCCc2cc(-c3ncnc4[nH]ncc34)ccc21. The zero-order valence-electron chi connectivity index (χ0n) is 16.5. The van der Waals surface area contributed by atoms with Gasteiger partial charge in [0.25, 0.3) is 5.91 Å². The van der Waals surface area contributed by atoms with Crippen molar-refractivity contribution in [1.29, 1.82) is 0 Å². The summed E-state index contributed by atoms with van der Waals surface area (Å²) in [5.74, 6) is -0.235. The largest absolute Gasteiger partial charge is 0.367 e. The molecule has 0 radical (unpaired) electrons. The molecule has 0 saturated carbocycles. The second-order valence-corrected chi connectivity index (χ2v) is 9.35. The fourth-order valence-corrected chi connectivity index (χ4v) is 6.58. The van der Waals surface area contributed by atoms with Crippen LogP contribution in [0.25, 0.3) is 22.3 Å². The number of aromatic nitrogens is 4. The molecule has 0 fully saturated rings. The number of hydrogen-bond acceptors (Lipinski definition) is 6. The highest BCUT2D eigenvalue weighted by Gasteiger charge is 2.43. The first kappa shape index (κ1) is 17.9. The van der Waals surface area contributed by atoms with Crippen molar-refractivity contribution in [2.24, 2.45) is 5.73 Å². The van der Waals surface area contributed by atoms with Gasteiger partial charge in [-0.3, -0.25) is 9.89 Å². The van der Waals surface area contributed by atoms with Gasteiger partial charge >= 0.3 is 0 Å². The zero-order chi connectivity index (χ0) is 20.2. The van der Waals surface area contributed by atoms with Crippen molar-refractivity contribution in [3.05, 3.63) is 52.5 Å². The number of nitrogens with zero attached hydrogens (tertiary/aromatic N) is 4. The minimum absolute atomic E-state index is 0.206. The number of hydrogen-bond donors (Lipinski definition) is 2. The summed E-state index contributed by atoms with van der Waals surface area (Å²) in [4.78, 5) is 24.7. The average Bonchev–Trinajstić information content (AvgIpc) is 3.48. The maximum atomic E-state index is 12.2. The number of allylic oxidation sites excluding steroid dienone is 2. The number of thioether (sulfide) groups is 1. The minimum atomic E-state index is -0.279. The molecule has 1 amide bonds. The molecule has 152 valence electrons. The standard InChI is InChI=1S/C22H22N6OS/c23-20(29)22-28(17-5-2-6-18(17)30-22)16-4-1-3-12-9-13(7-8-14(12)16)19-15-10-26-27-21(15)25-11-24-19/h7-11,16,22H,1-6H2,(H2,23,29)(H,24,25,26,27). The number of carbonyl (C=O) groups excluding carboxylic acids is 1. The average molecular weight is 419 g/mol. The first-order valence-electron chi connectivity index (χ1n) is 10.4. The predicted molar refractivity (Wildman–Crippen MR) is 116 cm³/mol. The third-order valence-corrected chi connectivity index (χ3v) is 7.89. The molecule has 1 aromatic carbocycles. The fourth-order valence-electron chi connectivity index (χ4n) is 5.20. The van der Waals surface area contributed by atoms with Crippen LogP contribution in [0.4, 0.5) is 0 Å². The Balaban J connectivity index is 1.42. The highest BCUT2D eigenvalue weighted by atomic mass is 32.2. The van der Waals surface area contributed by atoms with Gasteiger partial charge in [0.1, 0.15) is 6.33 Å². The number of nitrogens with one attached hydrogen (secondary N) is 1. The van der Waals surface area contributed by atoms with E-state index >= 15 is 0 Å². The van der Waals surface area contributed by atoms with Crippen molar-refractivity contribution < 1.29 is 4.79 Å². The first-order valence-corrected chi connectivity index (χ1v) is 11.3. The van der Waals surface area contributed by atoms with Crippen LogP contribution in [0.5, 0.6) is 0 Å². The summed E-state index contributed by atoms with van der Waals surface area (Å²) in [6, 6.07) is 6.82. The summed E-state index contributed by atoms with van der Waals surface area (Å²) in [6.07, 6.45) is 9.84. The van der Waals surface area contributed by atoms with E-state index in [1.807, 2.05) is 0 Å². The molecule has 7 nitrogen and oxygen atoms in total. The molecule has 2 atom stereocenters. The smallest absolute Gasteiger partial charge is 0.251 e. The molecule has 3 aromatic rings. The van der Waals surface area contributed by atoms with Gasteiger partial charge in [-0.2, -0.15) is 5.10 Å². The molecule has 3 heterocycles. The predicted octanol–water partition coefficient (Wildman–Crippen LogP) is 3.65. The van der Waals surface area contributed by atoms with Crippen molar-refractivity contribution in [2.75, 3.05) is 0 Å². The summed E-state index contributed by atoms with van der Waals surface area (Å²) < 4.78 is 0. The summed E-state index contributed by atoms with van der Waals surface area (Å²) in [6.45, 7) is 0. The van der Waals surface area contributed by atoms with Gasteiger partial charge < -0.3 is 10.6 Å². The Morgan fingerprint density at radius 1 is 1.20 bits per heavy atom. The highest BCUT2D eigenvalue weighted by Crippen LogP contribution is 2.52. The van der Waals surface area contributed by atoms with E-state index < -0.39 is 0 Å². The number of primary amides is 1. The lowest BCUT2D eigenvalue weighted by atomic mass is 9.85. The van der Waals surface area contributed by atoms with Crippen LogP contribution in [0.2, 0.25) is 0 Å². The minimum Gasteiger partial charge on any atom is -0.367 e. The second kappa shape index (κ2) is 6.84. The van der Waals surface area contributed by atoms with Crippen molar-refractivity contribution in [1.82, 2.24) is 25.1 Å². The van der Waals surface area contributed by atoms with Gasteiger partial charge in [-0.1, -0.05) is 23.9 Å². The quantitative estimate of drug-likeness (QED) is 0.673. The molecule has 6 rings (SSSR count). The molecule has 2 unspecified atom stereocenters. The van der Waals surface area contributed by atoms with Crippen molar-refractivity contribution >= 4 is 28.7 Å². The topological polar surface area (TPSA) is 101 Å². The molecule has 1 aliphatic heterocycles. The Labute approximate surface area is 178 Å². The van der Waals surface area contributed by atoms with Crippen molar-refractivity contribution in [3.63, 3.8) is 0 Å². The summed E-state index contributed by atoms with van der Waals surface area (Å²) >= 11 is 1.67. The van der Waals surface area contributed by atoms with Crippen molar-refractivity contribution in [3.8, 4) is 11.3 Å². The van der Waals surface area contributed by atoms with E-state index in [1.54, 1.807) is 24.3 Å². The molecule has 3 aliphatic rings. The zero-order valence-corrected chi connectivity index (χ0v) is 17.3. The molecule has 2 aliphatic carbocycles. The van der Waals surface area contributed by atoms with E-state index in [2.05, 4.69) is 43.3 Å². The molecule has 0 bridgehead atoms. The lowest BCUT2D eigenvalue weighted by Crippen LogP contribution is -2.42. The van der Waals surface area contributed by atoms with Crippen LogP contribution in [-0.4, -0.2) is 36.3 Å². The number of fused-ring (bicyclic) bond motifs is 2. The van der Waals surface area contributed by atoms with E-state index in [-0.39, 0.29) is 17.3 Å². The van der Waals surface area contributed by atoms with E-state index in [0.717, 1.165) is 54.4 Å². The lowest BCUT2D eigenvalue weighted by Gasteiger charge is -2.39. The molecule has 30 heavy (non-hydrogen) atoms. The van der Waals surface area contributed by atoms with Crippen LogP contribution in [0.15, 0.2) is 41.3 Å². The van der Waals surface area contributed by atoms with E-state index in [0.29, 0.717) is 0 Å². The third-order valence-electron chi connectivity index (χ3n) is 6.48.